The molecule has 5 heteroatoms. The first-order valence-electron chi connectivity index (χ1n) is 7.12. The number of hydrogen-bond acceptors (Lipinski definition) is 4. The summed E-state index contributed by atoms with van der Waals surface area (Å²) in [6, 6.07) is 5.66. The molecule has 1 aliphatic heterocycles. The molecule has 2 N–H and O–H groups in total. The van der Waals surface area contributed by atoms with E-state index >= 15 is 0 Å². The number of rotatable bonds is 5. The van der Waals surface area contributed by atoms with Gasteiger partial charge < -0.3 is 15.2 Å². The SMILES string of the molecule is CCN1CCOC(COc2ccc([C@@H](C)N)cc2Cl)C1. The van der Waals surface area contributed by atoms with Gasteiger partial charge >= 0.3 is 0 Å². The highest BCUT2D eigenvalue weighted by atomic mass is 35.5. The largest absolute Gasteiger partial charge is 0.489 e. The lowest BCUT2D eigenvalue weighted by molar-refractivity contribution is -0.0463. The van der Waals surface area contributed by atoms with Crippen LogP contribution in [0.25, 0.3) is 0 Å². The van der Waals surface area contributed by atoms with Gasteiger partial charge in [-0.2, -0.15) is 0 Å². The first-order chi connectivity index (χ1) is 9.60. The molecule has 2 rings (SSSR count). The van der Waals surface area contributed by atoms with Crippen molar-refractivity contribution in [3.63, 3.8) is 0 Å². The Bertz CT molecular complexity index is 440. The summed E-state index contributed by atoms with van der Waals surface area (Å²) in [5, 5.41) is 0.600. The van der Waals surface area contributed by atoms with Crippen LogP contribution >= 0.6 is 11.6 Å². The highest BCUT2D eigenvalue weighted by molar-refractivity contribution is 6.32. The van der Waals surface area contributed by atoms with Crippen LogP contribution in [0.15, 0.2) is 18.2 Å². The van der Waals surface area contributed by atoms with Crippen LogP contribution in [-0.4, -0.2) is 43.9 Å². The van der Waals surface area contributed by atoms with Crippen LogP contribution in [0.2, 0.25) is 5.02 Å². The van der Waals surface area contributed by atoms with Crippen molar-refractivity contribution in [2.45, 2.75) is 26.0 Å². The minimum absolute atomic E-state index is 0.0265. The van der Waals surface area contributed by atoms with Crippen LogP contribution in [0.3, 0.4) is 0 Å². The Labute approximate surface area is 125 Å². The molecule has 1 aromatic carbocycles. The van der Waals surface area contributed by atoms with Crippen LogP contribution in [-0.2, 0) is 4.74 Å². The van der Waals surface area contributed by atoms with E-state index in [9.17, 15) is 0 Å². The summed E-state index contributed by atoms with van der Waals surface area (Å²) in [5.41, 5.74) is 6.84. The molecule has 0 aliphatic carbocycles. The number of hydrogen-bond donors (Lipinski definition) is 1. The van der Waals surface area contributed by atoms with Crippen molar-refractivity contribution in [2.75, 3.05) is 32.8 Å². The van der Waals surface area contributed by atoms with E-state index in [0.29, 0.717) is 17.4 Å². The van der Waals surface area contributed by atoms with Crippen molar-refractivity contribution in [1.82, 2.24) is 4.90 Å². The van der Waals surface area contributed by atoms with Crippen molar-refractivity contribution in [2.24, 2.45) is 5.73 Å². The highest BCUT2D eigenvalue weighted by Gasteiger charge is 2.20. The molecule has 2 atom stereocenters. The molecule has 0 radical (unpaired) electrons. The smallest absolute Gasteiger partial charge is 0.138 e. The minimum Gasteiger partial charge on any atom is -0.489 e. The van der Waals surface area contributed by atoms with Gasteiger partial charge in [-0.15, -0.1) is 0 Å². The van der Waals surface area contributed by atoms with Gasteiger partial charge in [-0.1, -0.05) is 24.6 Å². The number of halogens is 1. The van der Waals surface area contributed by atoms with E-state index in [2.05, 4.69) is 11.8 Å². The molecule has 4 nitrogen and oxygen atoms in total. The lowest BCUT2D eigenvalue weighted by atomic mass is 10.1. The highest BCUT2D eigenvalue weighted by Crippen LogP contribution is 2.27. The third kappa shape index (κ3) is 4.09. The molecule has 1 fully saturated rings. The van der Waals surface area contributed by atoms with Crippen molar-refractivity contribution < 1.29 is 9.47 Å². The summed E-state index contributed by atoms with van der Waals surface area (Å²) >= 11 is 6.22. The lowest BCUT2D eigenvalue weighted by Crippen LogP contribution is -2.44. The van der Waals surface area contributed by atoms with Crippen LogP contribution in [0.5, 0.6) is 5.75 Å². The zero-order valence-corrected chi connectivity index (χ0v) is 12.9. The number of likely N-dealkylation sites (N-methyl/N-ethyl adjacent to an activating group) is 1. The molecule has 0 aromatic heterocycles. The summed E-state index contributed by atoms with van der Waals surface area (Å²) < 4.78 is 11.5. The van der Waals surface area contributed by atoms with Crippen LogP contribution < -0.4 is 10.5 Å². The fourth-order valence-electron chi connectivity index (χ4n) is 2.27. The Morgan fingerprint density at radius 3 is 3.00 bits per heavy atom. The lowest BCUT2D eigenvalue weighted by Gasteiger charge is -2.31. The quantitative estimate of drug-likeness (QED) is 0.907. The third-order valence-corrected chi connectivity index (χ3v) is 3.87. The van der Waals surface area contributed by atoms with Crippen molar-refractivity contribution in [3.05, 3.63) is 28.8 Å². The van der Waals surface area contributed by atoms with E-state index in [-0.39, 0.29) is 12.1 Å². The van der Waals surface area contributed by atoms with Gasteiger partial charge in [-0.05, 0) is 31.2 Å². The van der Waals surface area contributed by atoms with Gasteiger partial charge in [-0.25, -0.2) is 0 Å². The van der Waals surface area contributed by atoms with E-state index in [1.54, 1.807) is 0 Å². The maximum Gasteiger partial charge on any atom is 0.138 e. The second-order valence-electron chi connectivity index (χ2n) is 5.18. The predicted molar refractivity (Wildman–Crippen MR) is 81.4 cm³/mol. The van der Waals surface area contributed by atoms with E-state index in [1.807, 2.05) is 25.1 Å². The molecule has 20 heavy (non-hydrogen) atoms. The standard InChI is InChI=1S/C15H23ClN2O2/c1-3-18-6-7-19-13(9-18)10-20-15-5-4-12(11(2)17)8-14(15)16/h4-5,8,11,13H,3,6-7,9-10,17H2,1-2H3/t11-,13?/m1/s1. The monoisotopic (exact) mass is 298 g/mol. The normalized spacial score (nSPS) is 21.7. The Morgan fingerprint density at radius 2 is 2.35 bits per heavy atom. The molecule has 1 aliphatic rings. The number of benzene rings is 1. The third-order valence-electron chi connectivity index (χ3n) is 3.58. The Hall–Kier alpha value is -0.810. The minimum atomic E-state index is -0.0265. The second kappa shape index (κ2) is 7.27. The first kappa shape index (κ1) is 15.6. The molecule has 112 valence electrons. The average Bonchev–Trinajstić information content (AvgIpc) is 2.46. The first-order valence-corrected chi connectivity index (χ1v) is 7.49. The van der Waals surface area contributed by atoms with Crippen LogP contribution in [0.4, 0.5) is 0 Å². The van der Waals surface area contributed by atoms with Gasteiger partial charge in [0, 0.05) is 19.1 Å². The molecule has 0 spiro atoms. The van der Waals surface area contributed by atoms with Crippen molar-refractivity contribution in [1.29, 1.82) is 0 Å². The second-order valence-corrected chi connectivity index (χ2v) is 5.58. The predicted octanol–water partition coefficient (Wildman–Crippen LogP) is 2.46. The summed E-state index contributed by atoms with van der Waals surface area (Å²) in [5.74, 6) is 0.688. The van der Waals surface area contributed by atoms with Crippen LogP contribution in [0, 0.1) is 0 Å². The van der Waals surface area contributed by atoms with Crippen LogP contribution in [0.1, 0.15) is 25.5 Å². The van der Waals surface area contributed by atoms with E-state index < -0.39 is 0 Å². The summed E-state index contributed by atoms with van der Waals surface area (Å²) in [7, 11) is 0. The van der Waals surface area contributed by atoms with Gasteiger partial charge in [0.1, 0.15) is 18.5 Å². The van der Waals surface area contributed by atoms with Gasteiger partial charge in [0.15, 0.2) is 0 Å². The summed E-state index contributed by atoms with van der Waals surface area (Å²) in [4.78, 5) is 2.36. The molecule has 1 saturated heterocycles. The number of morpholine rings is 1. The topological polar surface area (TPSA) is 47.7 Å². The summed E-state index contributed by atoms with van der Waals surface area (Å²) in [6.45, 7) is 8.33. The molecule has 0 amide bonds. The fraction of sp³-hybridized carbons (Fsp3) is 0.600. The molecule has 0 bridgehead atoms. The van der Waals surface area contributed by atoms with Gasteiger partial charge in [0.25, 0.3) is 0 Å². The molecule has 1 heterocycles. The van der Waals surface area contributed by atoms with Gasteiger partial charge in [0.05, 0.1) is 11.6 Å². The Morgan fingerprint density at radius 1 is 1.55 bits per heavy atom. The van der Waals surface area contributed by atoms with Crippen molar-refractivity contribution >= 4 is 11.6 Å². The Kier molecular flexibility index (Phi) is 5.66. The van der Waals surface area contributed by atoms with Gasteiger partial charge in [-0.3, -0.25) is 4.90 Å². The molecule has 0 saturated carbocycles. The number of ether oxygens (including phenoxy) is 2. The zero-order chi connectivity index (χ0) is 14.5. The maximum absolute atomic E-state index is 6.22. The van der Waals surface area contributed by atoms with E-state index in [4.69, 9.17) is 26.8 Å². The zero-order valence-electron chi connectivity index (χ0n) is 12.1. The fourth-order valence-corrected chi connectivity index (χ4v) is 2.51. The van der Waals surface area contributed by atoms with Gasteiger partial charge in [0.2, 0.25) is 0 Å². The Balaban J connectivity index is 1.90. The molecular formula is C15H23ClN2O2. The summed E-state index contributed by atoms with van der Waals surface area (Å²) in [6.07, 6.45) is 0.105. The number of nitrogens with two attached hydrogens (primary N) is 1. The maximum atomic E-state index is 6.22. The van der Waals surface area contributed by atoms with Crippen molar-refractivity contribution in [3.8, 4) is 5.75 Å². The molecule has 1 aromatic rings. The van der Waals surface area contributed by atoms with E-state index in [1.165, 1.54) is 0 Å². The molecule has 1 unspecified atom stereocenters. The average molecular weight is 299 g/mol. The number of nitrogens with zero attached hydrogens (tertiary/aromatic N) is 1. The molecular weight excluding hydrogens is 276 g/mol. The van der Waals surface area contributed by atoms with E-state index in [0.717, 1.165) is 31.8 Å².